The predicted molar refractivity (Wildman–Crippen MR) is 115 cm³/mol. The Kier molecular flexibility index (Phi) is 6.29. The van der Waals surface area contributed by atoms with Gasteiger partial charge in [0, 0.05) is 37.8 Å². The van der Waals surface area contributed by atoms with E-state index in [1.165, 1.54) is 11.1 Å². The van der Waals surface area contributed by atoms with Crippen LogP contribution in [0.25, 0.3) is 0 Å². The molecule has 3 aliphatic heterocycles. The molecule has 3 heterocycles. The molecule has 0 aromatic heterocycles. The summed E-state index contributed by atoms with van der Waals surface area (Å²) < 4.78 is 5.56. The summed E-state index contributed by atoms with van der Waals surface area (Å²) in [4.78, 5) is 31.6. The van der Waals surface area contributed by atoms with Gasteiger partial charge in [0.2, 0.25) is 11.8 Å². The second-order valence-electron chi connectivity index (χ2n) is 8.62. The van der Waals surface area contributed by atoms with Crippen LogP contribution in [-0.4, -0.2) is 77.9 Å². The van der Waals surface area contributed by atoms with Crippen molar-refractivity contribution < 1.29 is 14.3 Å². The Bertz CT molecular complexity index is 765. The molecule has 1 aromatic carbocycles. The number of nitrogens with zero attached hydrogens (tertiary/aromatic N) is 3. The van der Waals surface area contributed by atoms with Crippen LogP contribution in [0.1, 0.15) is 44.2 Å². The highest BCUT2D eigenvalue weighted by atomic mass is 16.5. The van der Waals surface area contributed by atoms with Crippen molar-refractivity contribution >= 4 is 11.8 Å². The van der Waals surface area contributed by atoms with Crippen LogP contribution in [0.5, 0.6) is 5.75 Å². The summed E-state index contributed by atoms with van der Waals surface area (Å²) in [5.74, 6) is 1.21. The largest absolute Gasteiger partial charge is 0.496 e. The number of methoxy groups -OCH3 is 1. The average Bonchev–Trinajstić information content (AvgIpc) is 3.42. The lowest BCUT2D eigenvalue weighted by Crippen LogP contribution is -2.60. The molecule has 0 bridgehead atoms. The fourth-order valence-electron chi connectivity index (χ4n) is 5.15. The van der Waals surface area contributed by atoms with Gasteiger partial charge in [-0.25, -0.2) is 0 Å². The van der Waals surface area contributed by atoms with E-state index in [2.05, 4.69) is 36.2 Å². The lowest BCUT2D eigenvalue weighted by molar-refractivity contribution is -0.156. The number of ether oxygens (including phenoxy) is 1. The molecule has 0 saturated carbocycles. The molecule has 3 aliphatic rings. The molecule has 7 heteroatoms. The number of carbonyl (C=O) groups is 2. The first-order chi connectivity index (χ1) is 14.5. The van der Waals surface area contributed by atoms with E-state index in [4.69, 9.17) is 4.74 Å². The highest BCUT2D eigenvalue weighted by molar-refractivity contribution is 5.98. The van der Waals surface area contributed by atoms with Crippen molar-refractivity contribution in [2.24, 2.45) is 0 Å². The van der Waals surface area contributed by atoms with Crippen LogP contribution in [0.3, 0.4) is 0 Å². The van der Waals surface area contributed by atoms with Gasteiger partial charge in [-0.1, -0.05) is 19.9 Å². The molecular formula is C23H34N4O3. The molecule has 3 saturated heterocycles. The summed E-state index contributed by atoms with van der Waals surface area (Å²) in [5.41, 5.74) is 2.39. The van der Waals surface area contributed by atoms with Gasteiger partial charge in [-0.15, -0.1) is 0 Å². The first kappa shape index (κ1) is 21.1. The van der Waals surface area contributed by atoms with Crippen LogP contribution < -0.4 is 10.1 Å². The van der Waals surface area contributed by atoms with Crippen LogP contribution in [0, 0.1) is 0 Å². The monoisotopic (exact) mass is 414 g/mol. The summed E-state index contributed by atoms with van der Waals surface area (Å²) in [6.07, 6.45) is 2.46. The van der Waals surface area contributed by atoms with Gasteiger partial charge in [-0.05, 0) is 50.0 Å². The first-order valence-corrected chi connectivity index (χ1v) is 11.3. The Labute approximate surface area is 179 Å². The predicted octanol–water partition coefficient (Wildman–Crippen LogP) is 1.60. The van der Waals surface area contributed by atoms with Gasteiger partial charge in [0.15, 0.2) is 0 Å². The first-order valence-electron chi connectivity index (χ1n) is 11.3. The highest BCUT2D eigenvalue weighted by Crippen LogP contribution is 2.32. The molecular weight excluding hydrogens is 380 g/mol. The molecule has 4 rings (SSSR count). The zero-order valence-corrected chi connectivity index (χ0v) is 18.4. The smallest absolute Gasteiger partial charge is 0.246 e. The van der Waals surface area contributed by atoms with Crippen LogP contribution >= 0.6 is 0 Å². The zero-order chi connectivity index (χ0) is 21.3. The summed E-state index contributed by atoms with van der Waals surface area (Å²) in [6, 6.07) is 5.99. The Morgan fingerprint density at radius 1 is 1.13 bits per heavy atom. The van der Waals surface area contributed by atoms with E-state index >= 15 is 0 Å². The van der Waals surface area contributed by atoms with E-state index in [-0.39, 0.29) is 29.9 Å². The summed E-state index contributed by atoms with van der Waals surface area (Å²) in [5, 5.41) is 3.59. The second-order valence-corrected chi connectivity index (χ2v) is 8.62. The molecule has 1 N–H and O–H groups in total. The van der Waals surface area contributed by atoms with Crippen molar-refractivity contribution in [3.63, 3.8) is 0 Å². The molecule has 3 atom stereocenters. The number of nitrogens with one attached hydrogen (secondary N) is 1. The minimum atomic E-state index is -0.279. The number of hydrogen-bond acceptors (Lipinski definition) is 5. The van der Waals surface area contributed by atoms with Gasteiger partial charge < -0.3 is 19.9 Å². The molecule has 0 spiro atoms. The Morgan fingerprint density at radius 3 is 2.63 bits per heavy atom. The third kappa shape index (κ3) is 3.93. The number of amides is 2. The van der Waals surface area contributed by atoms with Gasteiger partial charge in [0.05, 0.1) is 7.11 Å². The molecule has 164 valence electrons. The standard InChI is InChI=1S/C23H34N4O3/c1-4-25(5-2)14-17-11-16(8-9-21(17)30-3)13-24-18-12-20-23(29)26-10-6-7-19(26)22(28)27(20)15-18/h8-9,11,18-20,24H,4-7,10,12-15H2,1-3H3/t18-,19+,20-/m0/s1. The minimum Gasteiger partial charge on any atom is -0.496 e. The van der Waals surface area contributed by atoms with Crippen LogP contribution in [0.2, 0.25) is 0 Å². The maximum atomic E-state index is 12.8. The quantitative estimate of drug-likeness (QED) is 0.700. The van der Waals surface area contributed by atoms with E-state index in [1.807, 2.05) is 15.9 Å². The third-order valence-electron chi connectivity index (χ3n) is 6.92. The number of carbonyl (C=O) groups excluding carboxylic acids is 2. The highest BCUT2D eigenvalue weighted by Gasteiger charge is 2.51. The van der Waals surface area contributed by atoms with Crippen molar-refractivity contribution in [2.45, 2.75) is 64.3 Å². The summed E-state index contributed by atoms with van der Waals surface area (Å²) in [6.45, 7) is 9.29. The molecule has 0 radical (unpaired) electrons. The molecule has 2 amide bonds. The van der Waals surface area contributed by atoms with Crippen LogP contribution in [0.4, 0.5) is 0 Å². The number of rotatable bonds is 8. The summed E-state index contributed by atoms with van der Waals surface area (Å²) >= 11 is 0. The maximum Gasteiger partial charge on any atom is 0.246 e. The third-order valence-corrected chi connectivity index (χ3v) is 6.92. The lowest BCUT2D eigenvalue weighted by atomic mass is 10.1. The van der Waals surface area contributed by atoms with E-state index in [0.29, 0.717) is 13.0 Å². The zero-order valence-electron chi connectivity index (χ0n) is 18.4. The van der Waals surface area contributed by atoms with E-state index < -0.39 is 0 Å². The van der Waals surface area contributed by atoms with E-state index in [1.54, 1.807) is 7.11 Å². The Morgan fingerprint density at radius 2 is 1.90 bits per heavy atom. The van der Waals surface area contributed by atoms with Gasteiger partial charge in [0.1, 0.15) is 17.8 Å². The van der Waals surface area contributed by atoms with Crippen LogP contribution in [-0.2, 0) is 22.7 Å². The van der Waals surface area contributed by atoms with Crippen molar-refractivity contribution in [1.82, 2.24) is 20.0 Å². The Balaban J connectivity index is 1.39. The molecule has 7 nitrogen and oxygen atoms in total. The number of piperazine rings is 1. The number of hydrogen-bond donors (Lipinski definition) is 1. The van der Waals surface area contributed by atoms with Crippen molar-refractivity contribution in [3.05, 3.63) is 29.3 Å². The van der Waals surface area contributed by atoms with Crippen molar-refractivity contribution in [2.75, 3.05) is 33.3 Å². The molecule has 3 fully saturated rings. The van der Waals surface area contributed by atoms with Crippen LogP contribution in [0.15, 0.2) is 18.2 Å². The average molecular weight is 415 g/mol. The fourth-order valence-corrected chi connectivity index (χ4v) is 5.15. The lowest BCUT2D eigenvalue weighted by Gasteiger charge is -2.38. The molecule has 30 heavy (non-hydrogen) atoms. The minimum absolute atomic E-state index is 0.146. The van der Waals surface area contributed by atoms with Crippen molar-refractivity contribution in [1.29, 1.82) is 0 Å². The summed E-state index contributed by atoms with van der Waals surface area (Å²) in [7, 11) is 1.72. The van der Waals surface area contributed by atoms with Gasteiger partial charge in [-0.3, -0.25) is 14.5 Å². The van der Waals surface area contributed by atoms with Gasteiger partial charge in [0.25, 0.3) is 0 Å². The van der Waals surface area contributed by atoms with E-state index in [9.17, 15) is 9.59 Å². The topological polar surface area (TPSA) is 65.1 Å². The molecule has 1 aromatic rings. The Hall–Kier alpha value is -2.12. The fraction of sp³-hybridized carbons (Fsp3) is 0.652. The maximum absolute atomic E-state index is 12.8. The number of benzene rings is 1. The van der Waals surface area contributed by atoms with Crippen molar-refractivity contribution in [3.8, 4) is 5.75 Å². The van der Waals surface area contributed by atoms with Gasteiger partial charge >= 0.3 is 0 Å². The van der Waals surface area contributed by atoms with Gasteiger partial charge in [-0.2, -0.15) is 0 Å². The normalized spacial score (nSPS) is 25.8. The number of fused-ring (bicyclic) bond motifs is 2. The second kappa shape index (κ2) is 8.94. The molecule has 0 unspecified atom stereocenters. The van der Waals surface area contributed by atoms with E-state index in [0.717, 1.165) is 51.3 Å². The molecule has 0 aliphatic carbocycles. The SMILES string of the molecule is CCN(CC)Cc1cc(CN[C@H]2C[C@H]3C(=O)N4CCC[C@@H]4C(=O)N3C2)ccc1OC.